The minimum Gasteiger partial charge on any atom is -0.360 e. The first-order valence-electron chi connectivity index (χ1n) is 7.64. The average molecular weight is 298 g/mol. The molecule has 0 aromatic heterocycles. The Morgan fingerprint density at radius 1 is 0.952 bits per heavy atom. The SMILES string of the molecule is CCCC1OC(c2ccccc2)(c2ccccc2)C1SC. The van der Waals surface area contributed by atoms with Crippen molar-refractivity contribution in [3.05, 3.63) is 71.8 Å². The van der Waals surface area contributed by atoms with Crippen LogP contribution in [0.1, 0.15) is 30.9 Å². The lowest BCUT2D eigenvalue weighted by Gasteiger charge is -2.55. The van der Waals surface area contributed by atoms with Crippen molar-refractivity contribution in [2.75, 3.05) is 6.26 Å². The average Bonchev–Trinajstić information content (AvgIpc) is 2.53. The molecule has 1 nitrogen and oxygen atoms in total. The van der Waals surface area contributed by atoms with Crippen LogP contribution in [0.3, 0.4) is 0 Å². The Morgan fingerprint density at radius 3 is 1.90 bits per heavy atom. The van der Waals surface area contributed by atoms with E-state index < -0.39 is 0 Å². The zero-order chi connectivity index (χ0) is 14.7. The van der Waals surface area contributed by atoms with Gasteiger partial charge in [0.05, 0.1) is 11.4 Å². The van der Waals surface area contributed by atoms with E-state index >= 15 is 0 Å². The molecule has 3 rings (SSSR count). The van der Waals surface area contributed by atoms with Gasteiger partial charge >= 0.3 is 0 Å². The van der Waals surface area contributed by atoms with Crippen molar-refractivity contribution in [2.24, 2.45) is 0 Å². The summed E-state index contributed by atoms with van der Waals surface area (Å²) in [6.45, 7) is 2.23. The van der Waals surface area contributed by atoms with E-state index in [1.165, 1.54) is 17.5 Å². The van der Waals surface area contributed by atoms with Crippen molar-refractivity contribution >= 4 is 11.8 Å². The van der Waals surface area contributed by atoms with Gasteiger partial charge in [-0.3, -0.25) is 0 Å². The molecule has 2 aromatic carbocycles. The number of ether oxygens (including phenoxy) is 1. The molecule has 2 aromatic rings. The maximum atomic E-state index is 6.52. The lowest BCUT2D eigenvalue weighted by molar-refractivity contribution is -0.181. The van der Waals surface area contributed by atoms with E-state index in [1.54, 1.807) is 0 Å². The summed E-state index contributed by atoms with van der Waals surface area (Å²) in [5, 5.41) is 0.474. The molecule has 0 aliphatic carbocycles. The molecule has 1 heterocycles. The van der Waals surface area contributed by atoms with E-state index in [0.717, 1.165) is 6.42 Å². The number of benzene rings is 2. The van der Waals surface area contributed by atoms with E-state index in [2.05, 4.69) is 73.8 Å². The van der Waals surface area contributed by atoms with Crippen LogP contribution in [0, 0.1) is 0 Å². The highest BCUT2D eigenvalue weighted by molar-refractivity contribution is 7.99. The second-order valence-electron chi connectivity index (χ2n) is 5.57. The first-order chi connectivity index (χ1) is 10.3. The van der Waals surface area contributed by atoms with Crippen LogP contribution < -0.4 is 0 Å². The molecule has 0 saturated carbocycles. The number of thioether (sulfide) groups is 1. The molecular formula is C19H22OS. The maximum Gasteiger partial charge on any atom is 0.133 e. The molecule has 2 atom stereocenters. The highest BCUT2D eigenvalue weighted by Gasteiger charge is 2.56. The Balaban J connectivity index is 2.05. The minimum atomic E-state index is -0.290. The highest BCUT2D eigenvalue weighted by Crippen LogP contribution is 2.53. The fourth-order valence-electron chi connectivity index (χ4n) is 3.37. The Kier molecular flexibility index (Phi) is 4.37. The fraction of sp³-hybridized carbons (Fsp3) is 0.368. The van der Waals surface area contributed by atoms with Gasteiger partial charge in [-0.1, -0.05) is 74.0 Å². The van der Waals surface area contributed by atoms with Crippen molar-refractivity contribution < 1.29 is 4.74 Å². The van der Waals surface area contributed by atoms with Crippen LogP contribution in [0.5, 0.6) is 0 Å². The molecule has 2 unspecified atom stereocenters. The van der Waals surface area contributed by atoms with Gasteiger partial charge in [-0.15, -0.1) is 0 Å². The lowest BCUT2D eigenvalue weighted by atomic mass is 9.75. The third-order valence-corrected chi connectivity index (χ3v) is 5.45. The second kappa shape index (κ2) is 6.25. The van der Waals surface area contributed by atoms with E-state index in [-0.39, 0.29) is 5.60 Å². The molecule has 1 fully saturated rings. The van der Waals surface area contributed by atoms with Crippen LogP contribution in [0.15, 0.2) is 60.7 Å². The number of hydrogen-bond donors (Lipinski definition) is 0. The minimum absolute atomic E-state index is 0.290. The molecule has 0 amide bonds. The summed E-state index contributed by atoms with van der Waals surface area (Å²) in [5.74, 6) is 0. The summed E-state index contributed by atoms with van der Waals surface area (Å²) in [6.07, 6.45) is 4.86. The van der Waals surface area contributed by atoms with Crippen LogP contribution >= 0.6 is 11.8 Å². The Bertz CT molecular complexity index is 527. The van der Waals surface area contributed by atoms with E-state index in [1.807, 2.05) is 11.8 Å². The fourth-order valence-corrected chi connectivity index (χ4v) is 4.53. The second-order valence-corrected chi connectivity index (χ2v) is 6.55. The highest BCUT2D eigenvalue weighted by atomic mass is 32.2. The van der Waals surface area contributed by atoms with Gasteiger partial charge in [-0.2, -0.15) is 11.8 Å². The first kappa shape index (κ1) is 14.7. The summed E-state index contributed by atoms with van der Waals surface area (Å²) in [6, 6.07) is 21.3. The van der Waals surface area contributed by atoms with Gasteiger partial charge in [0.2, 0.25) is 0 Å². The van der Waals surface area contributed by atoms with Gasteiger partial charge in [0.25, 0.3) is 0 Å². The number of rotatable bonds is 5. The zero-order valence-corrected chi connectivity index (χ0v) is 13.5. The molecule has 110 valence electrons. The Hall–Kier alpha value is -1.25. The van der Waals surface area contributed by atoms with Crippen molar-refractivity contribution in [1.82, 2.24) is 0 Å². The molecule has 0 N–H and O–H groups in total. The lowest BCUT2D eigenvalue weighted by Crippen LogP contribution is -2.60. The molecule has 2 heteroatoms. The molecule has 0 bridgehead atoms. The normalized spacial score (nSPS) is 23.5. The van der Waals surface area contributed by atoms with Crippen molar-refractivity contribution in [3.8, 4) is 0 Å². The van der Waals surface area contributed by atoms with E-state index in [9.17, 15) is 0 Å². The first-order valence-corrected chi connectivity index (χ1v) is 8.93. The summed E-state index contributed by atoms with van der Waals surface area (Å²) >= 11 is 1.93. The Labute approximate surface area is 131 Å². The third kappa shape index (κ3) is 2.41. The van der Waals surface area contributed by atoms with E-state index in [4.69, 9.17) is 4.74 Å². The topological polar surface area (TPSA) is 9.23 Å². The molecule has 1 aliphatic heterocycles. The van der Waals surface area contributed by atoms with Gasteiger partial charge in [-0.05, 0) is 23.8 Å². The summed E-state index contributed by atoms with van der Waals surface area (Å²) in [4.78, 5) is 0. The monoisotopic (exact) mass is 298 g/mol. The van der Waals surface area contributed by atoms with Gasteiger partial charge in [-0.25, -0.2) is 0 Å². The predicted octanol–water partition coefficient (Wildman–Crippen LogP) is 4.86. The molecule has 1 saturated heterocycles. The van der Waals surface area contributed by atoms with Gasteiger partial charge in [0.15, 0.2) is 0 Å². The van der Waals surface area contributed by atoms with E-state index in [0.29, 0.717) is 11.4 Å². The molecule has 0 radical (unpaired) electrons. The van der Waals surface area contributed by atoms with Crippen molar-refractivity contribution in [2.45, 2.75) is 36.7 Å². The van der Waals surface area contributed by atoms with Gasteiger partial charge in [0, 0.05) is 0 Å². The molecular weight excluding hydrogens is 276 g/mol. The van der Waals surface area contributed by atoms with Gasteiger partial charge in [0.1, 0.15) is 5.60 Å². The largest absolute Gasteiger partial charge is 0.360 e. The standard InChI is InChI=1S/C19H22OS/c1-3-10-17-18(21-2)19(20-17,15-11-6-4-7-12-15)16-13-8-5-9-14-16/h4-9,11-14,17-18H,3,10H2,1-2H3. The van der Waals surface area contributed by atoms with Crippen LogP contribution in [0.25, 0.3) is 0 Å². The third-order valence-electron chi connectivity index (χ3n) is 4.31. The smallest absolute Gasteiger partial charge is 0.133 e. The van der Waals surface area contributed by atoms with Crippen molar-refractivity contribution in [1.29, 1.82) is 0 Å². The molecule has 0 spiro atoms. The summed E-state index contributed by atoms with van der Waals surface area (Å²) in [7, 11) is 0. The van der Waals surface area contributed by atoms with Crippen LogP contribution in [-0.4, -0.2) is 17.6 Å². The summed E-state index contributed by atoms with van der Waals surface area (Å²) < 4.78 is 6.52. The van der Waals surface area contributed by atoms with Crippen LogP contribution in [0.4, 0.5) is 0 Å². The maximum absolute atomic E-state index is 6.52. The quantitative estimate of drug-likeness (QED) is 0.779. The number of hydrogen-bond acceptors (Lipinski definition) is 2. The van der Waals surface area contributed by atoms with Crippen LogP contribution in [0.2, 0.25) is 0 Å². The zero-order valence-electron chi connectivity index (χ0n) is 12.7. The van der Waals surface area contributed by atoms with Crippen LogP contribution in [-0.2, 0) is 10.3 Å². The van der Waals surface area contributed by atoms with Gasteiger partial charge < -0.3 is 4.74 Å². The predicted molar refractivity (Wildman–Crippen MR) is 90.7 cm³/mol. The molecule has 1 aliphatic rings. The molecule has 21 heavy (non-hydrogen) atoms. The summed E-state index contributed by atoms with van der Waals surface area (Å²) in [5.41, 5.74) is 2.24. The van der Waals surface area contributed by atoms with Crippen molar-refractivity contribution in [3.63, 3.8) is 0 Å². The Morgan fingerprint density at radius 2 is 1.48 bits per heavy atom.